The van der Waals surface area contributed by atoms with Crippen molar-refractivity contribution < 1.29 is 44.2 Å². The van der Waals surface area contributed by atoms with Crippen LogP contribution in [-0.2, 0) is 20.2 Å². The Hall–Kier alpha value is -1.37. The Balaban J connectivity index is 0.000000362. The van der Waals surface area contributed by atoms with Gasteiger partial charge in [0, 0.05) is 0 Å². The van der Waals surface area contributed by atoms with Crippen LogP contribution in [0.1, 0.15) is 0 Å². The van der Waals surface area contributed by atoms with E-state index in [1.165, 1.54) is 12.1 Å². The predicted molar refractivity (Wildman–Crippen MR) is 55.5 cm³/mol. The van der Waals surface area contributed by atoms with Gasteiger partial charge in [-0.2, -0.15) is 30.0 Å². The van der Waals surface area contributed by atoms with Crippen molar-refractivity contribution in [2.45, 2.75) is 10.4 Å². The summed E-state index contributed by atoms with van der Waals surface area (Å²) in [5.74, 6) is -0.0441. The molecule has 0 aromatic heterocycles. The van der Waals surface area contributed by atoms with Crippen LogP contribution in [0.15, 0.2) is 29.2 Å². The van der Waals surface area contributed by atoms with Gasteiger partial charge in [0.1, 0.15) is 5.75 Å². The molecule has 7 nitrogen and oxygen atoms in total. The van der Waals surface area contributed by atoms with E-state index in [9.17, 15) is 21.6 Å². The van der Waals surface area contributed by atoms with Gasteiger partial charge in [0.25, 0.3) is 10.1 Å². The van der Waals surface area contributed by atoms with Crippen molar-refractivity contribution in [1.82, 2.24) is 0 Å². The van der Waals surface area contributed by atoms with Crippen LogP contribution in [0.2, 0.25) is 0 Å². The van der Waals surface area contributed by atoms with E-state index in [4.69, 9.17) is 22.6 Å². The zero-order valence-corrected chi connectivity index (χ0v) is 10.4. The Kier molecular flexibility index (Phi) is 5.32. The van der Waals surface area contributed by atoms with Gasteiger partial charge < -0.3 is 5.11 Å². The molecular weight excluding hydrogens is 317 g/mol. The topological polar surface area (TPSA) is 129 Å². The molecule has 0 radical (unpaired) electrons. The molecule has 1 rings (SSSR count). The van der Waals surface area contributed by atoms with Crippen LogP contribution in [0.3, 0.4) is 0 Å². The number of phenolic OH excluding ortho intramolecular Hbond substituents is 1. The summed E-state index contributed by atoms with van der Waals surface area (Å²) in [7, 11) is -9.97. The molecule has 1 aromatic carbocycles. The van der Waals surface area contributed by atoms with Crippen LogP contribution in [0.25, 0.3) is 0 Å². The minimum Gasteiger partial charge on any atom is -0.508 e. The van der Waals surface area contributed by atoms with Crippen molar-refractivity contribution in [2.75, 3.05) is 0 Å². The first kappa shape index (κ1) is 17.6. The summed E-state index contributed by atoms with van der Waals surface area (Å²) in [6.07, 6.45) is 0. The molecule has 110 valence electrons. The maximum Gasteiger partial charge on any atom is 0.522 e. The molecule has 0 saturated carbocycles. The Morgan fingerprint density at radius 1 is 0.895 bits per heavy atom. The lowest BCUT2D eigenvalue weighted by atomic mass is 10.3. The molecule has 0 unspecified atom stereocenters. The van der Waals surface area contributed by atoms with Crippen molar-refractivity contribution in [3.63, 3.8) is 0 Å². The summed E-state index contributed by atoms with van der Waals surface area (Å²) in [6, 6.07) is 4.60. The highest BCUT2D eigenvalue weighted by Crippen LogP contribution is 2.20. The fourth-order valence-electron chi connectivity index (χ4n) is 0.618. The van der Waals surface area contributed by atoms with Gasteiger partial charge in [0.2, 0.25) is 0 Å². The van der Waals surface area contributed by atoms with E-state index in [-0.39, 0.29) is 10.6 Å². The standard InChI is InChI=1S/C6H6O4S.CHF3O3S/c7-5-1-3-6(4-2-5)11(8,9)10;2-1(3,4)8(5,6)7/h1-4,7H,(H,8,9,10);(H,5,6,7). The minimum absolute atomic E-state index is 0.0441. The van der Waals surface area contributed by atoms with Gasteiger partial charge in [-0.1, -0.05) is 0 Å². The summed E-state index contributed by atoms with van der Waals surface area (Å²) < 4.78 is 86.8. The molecule has 0 aliphatic carbocycles. The Labute approximate surface area is 105 Å². The molecule has 0 aliphatic heterocycles. The largest absolute Gasteiger partial charge is 0.522 e. The predicted octanol–water partition coefficient (Wildman–Crippen LogP) is 1.03. The molecule has 0 spiro atoms. The van der Waals surface area contributed by atoms with Crippen LogP contribution < -0.4 is 0 Å². The van der Waals surface area contributed by atoms with Gasteiger partial charge in [0.05, 0.1) is 4.90 Å². The average Bonchev–Trinajstić information content (AvgIpc) is 2.14. The number of benzene rings is 1. The van der Waals surface area contributed by atoms with Gasteiger partial charge in [-0.15, -0.1) is 0 Å². The lowest BCUT2D eigenvalue weighted by Gasteiger charge is -1.97. The van der Waals surface area contributed by atoms with Crippen LogP contribution in [0.5, 0.6) is 5.75 Å². The number of aromatic hydroxyl groups is 1. The highest BCUT2D eigenvalue weighted by Gasteiger charge is 2.44. The van der Waals surface area contributed by atoms with Crippen molar-refractivity contribution in [3.8, 4) is 5.75 Å². The first-order valence-corrected chi connectivity index (χ1v) is 6.93. The van der Waals surface area contributed by atoms with Crippen LogP contribution in [0, 0.1) is 0 Å². The normalized spacial score (nSPS) is 12.5. The SMILES string of the molecule is O=S(=O)(O)C(F)(F)F.O=S(=O)(O)c1ccc(O)cc1. The van der Waals surface area contributed by atoms with Gasteiger partial charge >= 0.3 is 15.6 Å². The van der Waals surface area contributed by atoms with Gasteiger partial charge in [-0.25, -0.2) is 0 Å². The lowest BCUT2D eigenvalue weighted by Crippen LogP contribution is -2.21. The maximum absolute atomic E-state index is 10.7. The first-order chi connectivity index (χ1) is 8.25. The van der Waals surface area contributed by atoms with Crippen LogP contribution in [-0.4, -0.2) is 36.6 Å². The minimum atomic E-state index is -5.84. The molecule has 0 atom stereocenters. The Morgan fingerprint density at radius 2 is 1.21 bits per heavy atom. The summed E-state index contributed by atoms with van der Waals surface area (Å²) in [4.78, 5) is -0.227. The first-order valence-electron chi connectivity index (χ1n) is 4.05. The van der Waals surface area contributed by atoms with Gasteiger partial charge in [0.15, 0.2) is 0 Å². The molecule has 0 bridgehead atoms. The molecule has 0 heterocycles. The lowest BCUT2D eigenvalue weighted by molar-refractivity contribution is -0.0510. The molecular formula is C7H7F3O7S2. The van der Waals surface area contributed by atoms with Crippen LogP contribution in [0.4, 0.5) is 13.2 Å². The molecule has 3 N–H and O–H groups in total. The van der Waals surface area contributed by atoms with Crippen LogP contribution >= 0.6 is 0 Å². The Morgan fingerprint density at radius 3 is 1.42 bits per heavy atom. The second-order valence-electron chi connectivity index (χ2n) is 2.89. The third-order valence-electron chi connectivity index (χ3n) is 1.43. The quantitative estimate of drug-likeness (QED) is 0.520. The van der Waals surface area contributed by atoms with Gasteiger partial charge in [-0.3, -0.25) is 9.11 Å². The van der Waals surface area contributed by atoms with E-state index < -0.39 is 25.7 Å². The Bertz CT molecular complexity index is 616. The number of hydrogen-bond donors (Lipinski definition) is 3. The number of rotatable bonds is 1. The number of halogens is 3. The molecule has 0 amide bonds. The van der Waals surface area contributed by atoms with E-state index in [1.807, 2.05) is 0 Å². The van der Waals surface area contributed by atoms with Gasteiger partial charge in [-0.05, 0) is 24.3 Å². The second kappa shape index (κ2) is 5.73. The average molecular weight is 324 g/mol. The van der Waals surface area contributed by atoms with E-state index in [2.05, 4.69) is 0 Å². The van der Waals surface area contributed by atoms with Crippen molar-refractivity contribution in [2.24, 2.45) is 0 Å². The van der Waals surface area contributed by atoms with E-state index in [1.54, 1.807) is 0 Å². The summed E-state index contributed by atoms with van der Waals surface area (Å²) in [5, 5.41) is 8.75. The zero-order valence-electron chi connectivity index (χ0n) is 8.73. The van der Waals surface area contributed by atoms with Crippen molar-refractivity contribution in [1.29, 1.82) is 0 Å². The maximum atomic E-state index is 10.7. The molecule has 1 aromatic rings. The second-order valence-corrected chi connectivity index (χ2v) is 5.72. The highest BCUT2D eigenvalue weighted by molar-refractivity contribution is 7.86. The summed E-state index contributed by atoms with van der Waals surface area (Å²) in [5.41, 5.74) is -5.53. The van der Waals surface area contributed by atoms with E-state index in [0.29, 0.717) is 0 Å². The monoisotopic (exact) mass is 324 g/mol. The molecule has 0 fully saturated rings. The number of hydrogen-bond acceptors (Lipinski definition) is 5. The zero-order chi connectivity index (χ0) is 15.5. The molecule has 12 heteroatoms. The molecule has 0 aliphatic rings. The highest BCUT2D eigenvalue weighted by atomic mass is 32.2. The molecule has 19 heavy (non-hydrogen) atoms. The summed E-state index contributed by atoms with van der Waals surface area (Å²) >= 11 is 0. The number of phenols is 1. The third-order valence-corrected chi connectivity index (χ3v) is 2.88. The number of alkyl halides is 3. The summed E-state index contributed by atoms with van der Waals surface area (Å²) in [6.45, 7) is 0. The van der Waals surface area contributed by atoms with E-state index in [0.717, 1.165) is 12.1 Å². The molecule has 0 saturated heterocycles. The third kappa shape index (κ3) is 6.37. The smallest absolute Gasteiger partial charge is 0.508 e. The fourth-order valence-corrected chi connectivity index (χ4v) is 1.10. The van der Waals surface area contributed by atoms with Crippen molar-refractivity contribution >= 4 is 20.2 Å². The van der Waals surface area contributed by atoms with Crippen molar-refractivity contribution in [3.05, 3.63) is 24.3 Å². The van der Waals surface area contributed by atoms with E-state index >= 15 is 0 Å². The fraction of sp³-hybridized carbons (Fsp3) is 0.143.